The Labute approximate surface area is 116 Å². The summed E-state index contributed by atoms with van der Waals surface area (Å²) in [7, 11) is 0. The predicted octanol–water partition coefficient (Wildman–Crippen LogP) is 2.25. The highest BCUT2D eigenvalue weighted by Gasteiger charge is 2.17. The van der Waals surface area contributed by atoms with E-state index in [0.29, 0.717) is 17.3 Å². The number of anilines is 1. The topological polar surface area (TPSA) is 64.6 Å². The van der Waals surface area contributed by atoms with E-state index in [-0.39, 0.29) is 6.61 Å². The molecule has 1 N–H and O–H groups in total. The Balaban J connectivity index is 2.44. The molecule has 0 aliphatic carbocycles. The minimum atomic E-state index is -0.886. The lowest BCUT2D eigenvalue weighted by atomic mass is 10.3. The van der Waals surface area contributed by atoms with Crippen molar-refractivity contribution in [1.82, 2.24) is 0 Å². The van der Waals surface area contributed by atoms with E-state index >= 15 is 0 Å². The monoisotopic (exact) mass is 285 g/mol. The molecule has 0 heterocycles. The molecule has 0 unspecified atom stereocenters. The highest BCUT2D eigenvalue weighted by Crippen LogP contribution is 2.13. The van der Waals surface area contributed by atoms with Crippen molar-refractivity contribution in [2.45, 2.75) is 20.0 Å². The van der Waals surface area contributed by atoms with Crippen LogP contribution in [-0.4, -0.2) is 31.2 Å². The van der Waals surface area contributed by atoms with Crippen LogP contribution in [0.25, 0.3) is 0 Å². The largest absolute Gasteiger partial charge is 0.451 e. The molecule has 0 aliphatic rings. The van der Waals surface area contributed by atoms with E-state index in [2.05, 4.69) is 5.32 Å². The van der Waals surface area contributed by atoms with Gasteiger partial charge in [0.15, 0.2) is 6.10 Å². The molecule has 0 spiro atoms. The van der Waals surface area contributed by atoms with Crippen molar-refractivity contribution in [3.05, 3.63) is 29.3 Å². The third-order valence-electron chi connectivity index (χ3n) is 2.21. The van der Waals surface area contributed by atoms with Crippen LogP contribution in [-0.2, 0) is 19.1 Å². The zero-order valence-corrected chi connectivity index (χ0v) is 11.6. The van der Waals surface area contributed by atoms with E-state index in [1.54, 1.807) is 31.2 Å². The van der Waals surface area contributed by atoms with Crippen molar-refractivity contribution in [1.29, 1.82) is 0 Å². The number of carbonyl (C=O) groups is 2. The van der Waals surface area contributed by atoms with Gasteiger partial charge >= 0.3 is 5.97 Å². The number of ether oxygens (including phenoxy) is 2. The molecule has 0 saturated carbocycles. The number of rotatable bonds is 6. The first-order valence-electron chi connectivity index (χ1n) is 5.86. The van der Waals surface area contributed by atoms with Gasteiger partial charge in [0, 0.05) is 17.3 Å². The van der Waals surface area contributed by atoms with Crippen LogP contribution in [0, 0.1) is 0 Å². The second-order valence-corrected chi connectivity index (χ2v) is 4.20. The molecule has 0 bridgehead atoms. The summed E-state index contributed by atoms with van der Waals surface area (Å²) < 4.78 is 9.79. The summed E-state index contributed by atoms with van der Waals surface area (Å²) in [6, 6.07) is 6.63. The minimum Gasteiger partial charge on any atom is -0.451 e. The van der Waals surface area contributed by atoms with E-state index in [9.17, 15) is 9.59 Å². The Morgan fingerprint density at radius 3 is 2.53 bits per heavy atom. The molecule has 0 aliphatic heterocycles. The third-order valence-corrected chi connectivity index (χ3v) is 2.47. The van der Waals surface area contributed by atoms with Gasteiger partial charge in [-0.2, -0.15) is 0 Å². The lowest BCUT2D eigenvalue weighted by Gasteiger charge is -2.13. The number of nitrogens with one attached hydrogen (secondary N) is 1. The highest BCUT2D eigenvalue weighted by atomic mass is 35.5. The molecule has 1 aromatic rings. The van der Waals surface area contributed by atoms with Gasteiger partial charge in [0.2, 0.25) is 0 Å². The zero-order chi connectivity index (χ0) is 14.3. The van der Waals surface area contributed by atoms with Crippen molar-refractivity contribution < 1.29 is 19.1 Å². The molecule has 6 heteroatoms. The Morgan fingerprint density at radius 1 is 1.32 bits per heavy atom. The van der Waals surface area contributed by atoms with Crippen LogP contribution in [0.5, 0.6) is 0 Å². The fraction of sp³-hybridized carbons (Fsp3) is 0.385. The van der Waals surface area contributed by atoms with Crippen molar-refractivity contribution in [2.75, 3.05) is 18.5 Å². The summed E-state index contributed by atoms with van der Waals surface area (Å²) in [5, 5.41) is 3.19. The SMILES string of the molecule is CCOCC(=O)O[C@H](C)C(=O)Nc1ccc(Cl)cc1. The summed E-state index contributed by atoms with van der Waals surface area (Å²) >= 11 is 5.73. The summed E-state index contributed by atoms with van der Waals surface area (Å²) in [4.78, 5) is 23.0. The Morgan fingerprint density at radius 2 is 1.95 bits per heavy atom. The standard InChI is InChI=1S/C13H16ClNO4/c1-3-18-8-12(16)19-9(2)13(17)15-11-6-4-10(14)5-7-11/h4-7,9H,3,8H2,1-2H3,(H,15,17)/t9-/m1/s1. The van der Waals surface area contributed by atoms with Gasteiger partial charge in [0.25, 0.3) is 5.91 Å². The number of carbonyl (C=O) groups excluding carboxylic acids is 2. The van der Waals surface area contributed by atoms with Gasteiger partial charge in [-0.05, 0) is 38.1 Å². The predicted molar refractivity (Wildman–Crippen MR) is 72.1 cm³/mol. The van der Waals surface area contributed by atoms with Crippen molar-refractivity contribution in [2.24, 2.45) is 0 Å². The van der Waals surface area contributed by atoms with E-state index in [1.165, 1.54) is 6.92 Å². The van der Waals surface area contributed by atoms with Crippen LogP contribution in [0.4, 0.5) is 5.69 Å². The number of halogens is 1. The summed E-state index contributed by atoms with van der Waals surface area (Å²) in [6.45, 7) is 3.52. The second kappa shape index (κ2) is 7.76. The van der Waals surface area contributed by atoms with Gasteiger partial charge in [-0.15, -0.1) is 0 Å². The molecule has 0 radical (unpaired) electrons. The Kier molecular flexibility index (Phi) is 6.32. The van der Waals surface area contributed by atoms with Crippen LogP contribution < -0.4 is 5.32 Å². The Bertz CT molecular complexity index is 433. The van der Waals surface area contributed by atoms with Crippen molar-refractivity contribution in [3.8, 4) is 0 Å². The fourth-order valence-corrected chi connectivity index (χ4v) is 1.37. The first kappa shape index (κ1) is 15.5. The van der Waals surface area contributed by atoms with E-state index < -0.39 is 18.0 Å². The number of benzene rings is 1. The number of amides is 1. The molecule has 1 amide bonds. The van der Waals surface area contributed by atoms with Crippen molar-refractivity contribution in [3.63, 3.8) is 0 Å². The smallest absolute Gasteiger partial charge is 0.332 e. The summed E-state index contributed by atoms with van der Waals surface area (Å²) in [5.74, 6) is -0.979. The van der Waals surface area contributed by atoms with Crippen LogP contribution in [0.15, 0.2) is 24.3 Å². The van der Waals surface area contributed by atoms with Gasteiger partial charge in [0.1, 0.15) is 6.61 Å². The van der Waals surface area contributed by atoms with Gasteiger partial charge in [-0.25, -0.2) is 4.79 Å². The fourth-order valence-electron chi connectivity index (χ4n) is 1.25. The summed E-state index contributed by atoms with van der Waals surface area (Å²) in [5.41, 5.74) is 0.585. The van der Waals surface area contributed by atoms with E-state index in [0.717, 1.165) is 0 Å². The minimum absolute atomic E-state index is 0.158. The third kappa shape index (κ3) is 5.72. The molecule has 1 aromatic carbocycles. The van der Waals surface area contributed by atoms with Crippen LogP contribution in [0.1, 0.15) is 13.8 Å². The molecule has 0 aromatic heterocycles. The molecule has 1 atom stereocenters. The molecule has 1 rings (SSSR count). The maximum atomic E-state index is 11.7. The lowest BCUT2D eigenvalue weighted by molar-refractivity contribution is -0.157. The van der Waals surface area contributed by atoms with Crippen LogP contribution >= 0.6 is 11.6 Å². The lowest BCUT2D eigenvalue weighted by Crippen LogP contribution is -2.31. The average molecular weight is 286 g/mol. The maximum Gasteiger partial charge on any atom is 0.332 e. The maximum absolute atomic E-state index is 11.7. The first-order valence-corrected chi connectivity index (χ1v) is 6.24. The normalized spacial score (nSPS) is 11.7. The Hall–Kier alpha value is -1.59. The molecule has 0 fully saturated rings. The molecule has 0 saturated heterocycles. The van der Waals surface area contributed by atoms with Gasteiger partial charge < -0.3 is 14.8 Å². The number of esters is 1. The van der Waals surface area contributed by atoms with Gasteiger partial charge in [-0.3, -0.25) is 4.79 Å². The summed E-state index contributed by atoms with van der Waals surface area (Å²) in [6.07, 6.45) is -0.886. The van der Waals surface area contributed by atoms with Crippen LogP contribution in [0.3, 0.4) is 0 Å². The molecule has 19 heavy (non-hydrogen) atoms. The quantitative estimate of drug-likeness (QED) is 0.814. The van der Waals surface area contributed by atoms with Crippen molar-refractivity contribution >= 4 is 29.2 Å². The van der Waals surface area contributed by atoms with E-state index in [4.69, 9.17) is 21.1 Å². The van der Waals surface area contributed by atoms with Gasteiger partial charge in [-0.1, -0.05) is 11.6 Å². The molecular weight excluding hydrogens is 270 g/mol. The second-order valence-electron chi connectivity index (χ2n) is 3.77. The molecule has 104 valence electrons. The number of hydrogen-bond donors (Lipinski definition) is 1. The molecule has 5 nitrogen and oxygen atoms in total. The highest BCUT2D eigenvalue weighted by molar-refractivity contribution is 6.30. The average Bonchev–Trinajstić information content (AvgIpc) is 2.39. The van der Waals surface area contributed by atoms with Crippen LogP contribution in [0.2, 0.25) is 5.02 Å². The first-order chi connectivity index (χ1) is 9.02. The molecular formula is C13H16ClNO4. The number of hydrogen-bond acceptors (Lipinski definition) is 4. The van der Waals surface area contributed by atoms with Gasteiger partial charge in [0.05, 0.1) is 0 Å². The van der Waals surface area contributed by atoms with E-state index in [1.807, 2.05) is 0 Å². The zero-order valence-electron chi connectivity index (χ0n) is 10.8.